The molecule has 0 aliphatic carbocycles. The van der Waals surface area contributed by atoms with Gasteiger partial charge in [0.05, 0.1) is 25.7 Å². The van der Waals surface area contributed by atoms with E-state index < -0.39 is 0 Å². The van der Waals surface area contributed by atoms with Gasteiger partial charge in [-0.25, -0.2) is 0 Å². The summed E-state index contributed by atoms with van der Waals surface area (Å²) in [7, 11) is 3.51. The summed E-state index contributed by atoms with van der Waals surface area (Å²) in [5.41, 5.74) is 0. The van der Waals surface area contributed by atoms with Gasteiger partial charge < -0.3 is 20.7 Å². The van der Waals surface area contributed by atoms with Crippen molar-refractivity contribution in [1.82, 2.24) is 20.9 Å². The smallest absolute Gasteiger partial charge is 0.233 e. The molecule has 0 bridgehead atoms. The molecule has 0 aromatic heterocycles. The second-order valence-electron chi connectivity index (χ2n) is 5.77. The van der Waals surface area contributed by atoms with E-state index in [1.165, 1.54) is 0 Å². The minimum absolute atomic E-state index is 0.0393. The quantitative estimate of drug-likeness (QED) is 0.578. The van der Waals surface area contributed by atoms with E-state index in [1.54, 1.807) is 7.05 Å². The summed E-state index contributed by atoms with van der Waals surface area (Å²) in [5, 5.41) is 8.89. The number of piperidine rings is 1. The van der Waals surface area contributed by atoms with E-state index in [0.717, 1.165) is 25.9 Å². The van der Waals surface area contributed by atoms with Crippen LogP contribution in [0.15, 0.2) is 0 Å². The molecular weight excluding hydrogens is 272 g/mol. The Morgan fingerprint density at radius 3 is 2.52 bits per heavy atom. The molecule has 120 valence electrons. The molecule has 0 spiro atoms. The van der Waals surface area contributed by atoms with Crippen LogP contribution in [0.25, 0.3) is 0 Å². The number of likely N-dealkylation sites (N-methyl/N-ethyl adjacent to an activating group) is 2. The van der Waals surface area contributed by atoms with Crippen molar-refractivity contribution in [1.29, 1.82) is 0 Å². The van der Waals surface area contributed by atoms with E-state index in [0.29, 0.717) is 19.8 Å². The third kappa shape index (κ3) is 4.39. The lowest BCUT2D eigenvalue weighted by Gasteiger charge is -2.32. The number of amides is 2. The Balaban J connectivity index is 1.73. The molecule has 0 aromatic rings. The molecule has 2 saturated heterocycles. The van der Waals surface area contributed by atoms with Crippen LogP contribution in [0.3, 0.4) is 0 Å². The first-order valence-electron chi connectivity index (χ1n) is 7.62. The fourth-order valence-corrected chi connectivity index (χ4v) is 2.92. The van der Waals surface area contributed by atoms with Crippen molar-refractivity contribution < 1.29 is 14.3 Å². The second kappa shape index (κ2) is 7.72. The van der Waals surface area contributed by atoms with Crippen LogP contribution in [0.4, 0.5) is 0 Å². The molecule has 0 aromatic carbocycles. The minimum Gasteiger partial charge on any atom is -0.379 e. The van der Waals surface area contributed by atoms with Crippen molar-refractivity contribution >= 4 is 11.8 Å². The van der Waals surface area contributed by atoms with Gasteiger partial charge in [0.25, 0.3) is 0 Å². The van der Waals surface area contributed by atoms with Crippen LogP contribution in [-0.2, 0) is 14.3 Å². The van der Waals surface area contributed by atoms with Crippen LogP contribution in [-0.4, -0.2) is 75.7 Å². The molecule has 21 heavy (non-hydrogen) atoms. The van der Waals surface area contributed by atoms with Gasteiger partial charge in [0.1, 0.15) is 0 Å². The zero-order valence-corrected chi connectivity index (χ0v) is 12.9. The lowest BCUT2D eigenvalue weighted by atomic mass is 10.00. The van der Waals surface area contributed by atoms with Crippen molar-refractivity contribution in [3.63, 3.8) is 0 Å². The first-order chi connectivity index (χ1) is 10.1. The normalized spacial score (nSPS) is 27.5. The molecule has 2 aliphatic rings. The van der Waals surface area contributed by atoms with Gasteiger partial charge >= 0.3 is 0 Å². The predicted molar refractivity (Wildman–Crippen MR) is 78.8 cm³/mol. The molecule has 2 rings (SSSR count). The van der Waals surface area contributed by atoms with Crippen molar-refractivity contribution in [2.24, 2.45) is 5.92 Å². The largest absolute Gasteiger partial charge is 0.379 e. The van der Waals surface area contributed by atoms with E-state index in [9.17, 15) is 9.59 Å². The standard InChI is InChI=1S/C14H26N4O3/c1-15-12-9-21-8-11(12)14(20)17-10-3-5-18(6-4-10)7-13(19)16-2/h10-12,15H,3-9H2,1-2H3,(H,16,19)(H,17,20). The molecule has 2 aliphatic heterocycles. The van der Waals surface area contributed by atoms with Gasteiger partial charge in [-0.15, -0.1) is 0 Å². The summed E-state index contributed by atoms with van der Waals surface area (Å²) in [5.74, 6) is 0.0213. The molecule has 7 heteroatoms. The Hall–Kier alpha value is -1.18. The number of hydrogen-bond donors (Lipinski definition) is 3. The van der Waals surface area contributed by atoms with Gasteiger partial charge in [-0.1, -0.05) is 0 Å². The molecule has 0 radical (unpaired) electrons. The van der Waals surface area contributed by atoms with E-state index in [-0.39, 0.29) is 29.8 Å². The van der Waals surface area contributed by atoms with Crippen LogP contribution in [0.2, 0.25) is 0 Å². The maximum absolute atomic E-state index is 12.3. The number of hydrogen-bond acceptors (Lipinski definition) is 5. The molecule has 3 N–H and O–H groups in total. The van der Waals surface area contributed by atoms with Gasteiger partial charge in [0, 0.05) is 32.2 Å². The van der Waals surface area contributed by atoms with Gasteiger partial charge in [-0.2, -0.15) is 0 Å². The lowest BCUT2D eigenvalue weighted by Crippen LogP contribution is -2.50. The Kier molecular flexibility index (Phi) is 5.96. The number of ether oxygens (including phenoxy) is 1. The molecule has 2 unspecified atom stereocenters. The summed E-state index contributed by atoms with van der Waals surface area (Å²) < 4.78 is 5.37. The van der Waals surface area contributed by atoms with Crippen LogP contribution in [0, 0.1) is 5.92 Å². The minimum atomic E-state index is -0.0982. The highest BCUT2D eigenvalue weighted by molar-refractivity contribution is 5.80. The number of nitrogens with zero attached hydrogens (tertiary/aromatic N) is 1. The molecule has 7 nitrogen and oxygen atoms in total. The summed E-state index contributed by atoms with van der Waals surface area (Å²) in [6.45, 7) is 3.21. The van der Waals surface area contributed by atoms with Gasteiger partial charge in [0.2, 0.25) is 11.8 Å². The number of likely N-dealkylation sites (tertiary alicyclic amines) is 1. The first kappa shape index (κ1) is 16.2. The Bertz CT molecular complexity index is 369. The highest BCUT2D eigenvalue weighted by atomic mass is 16.5. The molecule has 2 fully saturated rings. The van der Waals surface area contributed by atoms with Gasteiger partial charge in [0.15, 0.2) is 0 Å². The van der Waals surface area contributed by atoms with Crippen LogP contribution in [0.5, 0.6) is 0 Å². The second-order valence-corrected chi connectivity index (χ2v) is 5.77. The van der Waals surface area contributed by atoms with Crippen molar-refractivity contribution in [2.45, 2.75) is 24.9 Å². The lowest BCUT2D eigenvalue weighted by molar-refractivity contribution is -0.127. The SMILES string of the molecule is CNC(=O)CN1CCC(NC(=O)C2COCC2NC)CC1. The van der Waals surface area contributed by atoms with Gasteiger partial charge in [-0.05, 0) is 19.9 Å². The van der Waals surface area contributed by atoms with E-state index in [2.05, 4.69) is 20.9 Å². The topological polar surface area (TPSA) is 82.7 Å². The zero-order chi connectivity index (χ0) is 15.2. The third-order valence-electron chi connectivity index (χ3n) is 4.37. The highest BCUT2D eigenvalue weighted by Gasteiger charge is 2.34. The van der Waals surface area contributed by atoms with E-state index in [1.807, 2.05) is 7.05 Å². The summed E-state index contributed by atoms with van der Waals surface area (Å²) in [4.78, 5) is 25.7. The third-order valence-corrected chi connectivity index (χ3v) is 4.37. The van der Waals surface area contributed by atoms with Crippen molar-refractivity contribution in [3.05, 3.63) is 0 Å². The maximum atomic E-state index is 12.3. The number of rotatable bonds is 5. The molecule has 2 atom stereocenters. The monoisotopic (exact) mass is 298 g/mol. The Morgan fingerprint density at radius 2 is 1.90 bits per heavy atom. The number of carbonyl (C=O) groups is 2. The summed E-state index contributed by atoms with van der Waals surface area (Å²) in [6, 6.07) is 0.315. The van der Waals surface area contributed by atoms with E-state index in [4.69, 9.17) is 4.74 Å². The van der Waals surface area contributed by atoms with Crippen LogP contribution in [0.1, 0.15) is 12.8 Å². The zero-order valence-electron chi connectivity index (χ0n) is 12.9. The molecular formula is C14H26N4O3. The molecule has 2 amide bonds. The predicted octanol–water partition coefficient (Wildman–Crippen LogP) is -1.45. The fraction of sp³-hybridized carbons (Fsp3) is 0.857. The average molecular weight is 298 g/mol. The molecule has 2 heterocycles. The Morgan fingerprint density at radius 1 is 1.19 bits per heavy atom. The maximum Gasteiger partial charge on any atom is 0.233 e. The first-order valence-corrected chi connectivity index (χ1v) is 7.62. The highest BCUT2D eigenvalue weighted by Crippen LogP contribution is 2.16. The summed E-state index contributed by atoms with van der Waals surface area (Å²) >= 11 is 0. The van der Waals surface area contributed by atoms with Crippen LogP contribution < -0.4 is 16.0 Å². The average Bonchev–Trinajstić information content (AvgIpc) is 2.97. The van der Waals surface area contributed by atoms with Crippen molar-refractivity contribution in [3.8, 4) is 0 Å². The van der Waals surface area contributed by atoms with Crippen LogP contribution >= 0.6 is 0 Å². The number of carbonyl (C=O) groups excluding carboxylic acids is 2. The molecule has 0 saturated carbocycles. The Labute approximate surface area is 125 Å². The number of nitrogens with one attached hydrogen (secondary N) is 3. The summed E-state index contributed by atoms with van der Waals surface area (Å²) in [6.07, 6.45) is 1.78. The fourth-order valence-electron chi connectivity index (χ4n) is 2.92. The van der Waals surface area contributed by atoms with Crippen molar-refractivity contribution in [2.75, 3.05) is 46.9 Å². The van der Waals surface area contributed by atoms with E-state index >= 15 is 0 Å². The van der Waals surface area contributed by atoms with Gasteiger partial charge in [-0.3, -0.25) is 14.5 Å².